The van der Waals surface area contributed by atoms with Crippen LogP contribution >= 0.6 is 0 Å². The number of benzene rings is 1. The van der Waals surface area contributed by atoms with Crippen molar-refractivity contribution in [3.63, 3.8) is 0 Å². The molecule has 0 spiro atoms. The summed E-state index contributed by atoms with van der Waals surface area (Å²) in [5.41, 5.74) is 1.16. The first-order valence-electron chi connectivity index (χ1n) is 8.62. The van der Waals surface area contributed by atoms with Crippen LogP contribution in [0.5, 0.6) is 0 Å². The van der Waals surface area contributed by atoms with Crippen LogP contribution in [0.1, 0.15) is 39.5 Å². The van der Waals surface area contributed by atoms with E-state index in [0.29, 0.717) is 25.0 Å². The number of hydrogen-bond acceptors (Lipinski definition) is 4. The standard InChI is InChI=1S/C20H25NO4S/c1-4-10-17-11-8-9-14-21(20(17)19(15(2)22)16(3)23)26(24,25)18-12-6-5-7-13-18/h4-7,12-13,22H,1,8-11,14H2,2-3H3. The molecule has 0 saturated carbocycles. The monoisotopic (exact) mass is 375 g/mol. The summed E-state index contributed by atoms with van der Waals surface area (Å²) in [5, 5.41) is 10.1. The molecule has 0 aliphatic carbocycles. The van der Waals surface area contributed by atoms with Crippen LogP contribution < -0.4 is 0 Å². The predicted octanol–water partition coefficient (Wildman–Crippen LogP) is 4.11. The van der Waals surface area contributed by atoms with Crippen molar-refractivity contribution in [2.75, 3.05) is 6.54 Å². The van der Waals surface area contributed by atoms with Gasteiger partial charge in [-0.3, -0.25) is 9.10 Å². The van der Waals surface area contributed by atoms with Gasteiger partial charge in [-0.05, 0) is 57.2 Å². The lowest BCUT2D eigenvalue weighted by Gasteiger charge is -2.28. The van der Waals surface area contributed by atoms with Crippen LogP contribution in [0.3, 0.4) is 0 Å². The number of aliphatic hydroxyl groups excluding tert-OH is 1. The van der Waals surface area contributed by atoms with Crippen molar-refractivity contribution < 1.29 is 18.3 Å². The minimum atomic E-state index is -3.85. The number of nitrogens with zero attached hydrogens (tertiary/aromatic N) is 1. The first-order chi connectivity index (χ1) is 12.3. The molecule has 1 aromatic rings. The van der Waals surface area contributed by atoms with Gasteiger partial charge in [-0.15, -0.1) is 6.58 Å². The lowest BCUT2D eigenvalue weighted by atomic mass is 9.97. The third-order valence-electron chi connectivity index (χ3n) is 4.35. The van der Waals surface area contributed by atoms with Crippen LogP contribution in [0.2, 0.25) is 0 Å². The van der Waals surface area contributed by atoms with Gasteiger partial charge >= 0.3 is 0 Å². The van der Waals surface area contributed by atoms with Gasteiger partial charge in [0.25, 0.3) is 10.0 Å². The van der Waals surface area contributed by atoms with E-state index in [1.165, 1.54) is 30.3 Å². The summed E-state index contributed by atoms with van der Waals surface area (Å²) in [6.07, 6.45) is 4.29. The van der Waals surface area contributed by atoms with Crippen LogP contribution in [-0.4, -0.2) is 30.2 Å². The van der Waals surface area contributed by atoms with E-state index in [9.17, 15) is 18.3 Å². The van der Waals surface area contributed by atoms with E-state index in [4.69, 9.17) is 0 Å². The molecule has 1 aromatic carbocycles. The van der Waals surface area contributed by atoms with Gasteiger partial charge in [-0.2, -0.15) is 0 Å². The maximum atomic E-state index is 13.3. The highest BCUT2D eigenvalue weighted by Gasteiger charge is 2.33. The van der Waals surface area contributed by atoms with Crippen LogP contribution in [0, 0.1) is 0 Å². The van der Waals surface area contributed by atoms with Crippen LogP contribution in [-0.2, 0) is 14.8 Å². The number of rotatable bonds is 6. The number of hydrogen-bond donors (Lipinski definition) is 1. The zero-order valence-electron chi connectivity index (χ0n) is 15.2. The smallest absolute Gasteiger partial charge is 0.264 e. The van der Waals surface area contributed by atoms with Gasteiger partial charge < -0.3 is 5.11 Å². The Kier molecular flexibility index (Phi) is 6.42. The van der Waals surface area contributed by atoms with Crippen molar-refractivity contribution in [3.05, 3.63) is 65.6 Å². The first-order valence-corrected chi connectivity index (χ1v) is 10.1. The molecule has 1 N–H and O–H groups in total. The molecule has 0 atom stereocenters. The van der Waals surface area contributed by atoms with Crippen molar-refractivity contribution in [1.82, 2.24) is 4.31 Å². The number of allylic oxidation sites excluding steroid dienone is 4. The van der Waals surface area contributed by atoms with E-state index in [2.05, 4.69) is 6.58 Å². The van der Waals surface area contributed by atoms with Crippen molar-refractivity contribution in [3.8, 4) is 0 Å². The van der Waals surface area contributed by atoms with Crippen molar-refractivity contribution in [2.24, 2.45) is 0 Å². The molecule has 5 nitrogen and oxygen atoms in total. The second-order valence-corrected chi connectivity index (χ2v) is 8.17. The molecule has 0 bridgehead atoms. The van der Waals surface area contributed by atoms with E-state index in [1.807, 2.05) is 0 Å². The summed E-state index contributed by atoms with van der Waals surface area (Å²) < 4.78 is 27.9. The highest BCUT2D eigenvalue weighted by atomic mass is 32.2. The Morgan fingerprint density at radius 2 is 1.88 bits per heavy atom. The molecule has 1 aliphatic rings. The highest BCUT2D eigenvalue weighted by molar-refractivity contribution is 7.89. The van der Waals surface area contributed by atoms with Crippen LogP contribution in [0.4, 0.5) is 0 Å². The zero-order chi connectivity index (χ0) is 19.3. The molecule has 0 radical (unpaired) electrons. The second kappa shape index (κ2) is 8.36. The summed E-state index contributed by atoms with van der Waals surface area (Å²) in [5.74, 6) is -0.541. The topological polar surface area (TPSA) is 74.7 Å². The van der Waals surface area contributed by atoms with Crippen molar-refractivity contribution >= 4 is 15.8 Å². The summed E-state index contributed by atoms with van der Waals surface area (Å²) in [6.45, 7) is 6.76. The normalized spacial score (nSPS) is 16.8. The first kappa shape index (κ1) is 20.0. The van der Waals surface area contributed by atoms with Crippen LogP contribution in [0.15, 0.2) is 70.5 Å². The molecule has 0 aromatic heterocycles. The molecule has 2 rings (SSSR count). The Morgan fingerprint density at radius 1 is 1.23 bits per heavy atom. The molecular formula is C20H25NO4S. The van der Waals surface area contributed by atoms with E-state index in [-0.39, 0.29) is 28.6 Å². The number of Topliss-reactive ketones (excluding diaryl/α,β-unsaturated/α-hetero) is 1. The average molecular weight is 375 g/mol. The predicted molar refractivity (Wildman–Crippen MR) is 102 cm³/mol. The molecule has 26 heavy (non-hydrogen) atoms. The zero-order valence-corrected chi connectivity index (χ0v) is 16.1. The van der Waals surface area contributed by atoms with E-state index in [1.54, 1.807) is 24.3 Å². The molecule has 1 heterocycles. The summed E-state index contributed by atoms with van der Waals surface area (Å²) >= 11 is 0. The van der Waals surface area contributed by atoms with E-state index >= 15 is 0 Å². The fourth-order valence-electron chi connectivity index (χ4n) is 3.23. The Labute approximate surface area is 155 Å². The van der Waals surface area contributed by atoms with Crippen molar-refractivity contribution in [1.29, 1.82) is 0 Å². The minimum Gasteiger partial charge on any atom is -0.512 e. The Balaban J connectivity index is 2.76. The van der Waals surface area contributed by atoms with Gasteiger partial charge in [-0.25, -0.2) is 8.42 Å². The molecule has 1 aliphatic heterocycles. The van der Waals surface area contributed by atoms with Gasteiger partial charge in [0.15, 0.2) is 5.78 Å². The summed E-state index contributed by atoms with van der Waals surface area (Å²) in [4.78, 5) is 12.4. The average Bonchev–Trinajstić information content (AvgIpc) is 2.79. The SMILES string of the molecule is C=CCC1=C(C(C(C)=O)=C(C)O)N(S(=O)(=O)c2ccccc2)CCCC1. The third-order valence-corrected chi connectivity index (χ3v) is 6.16. The van der Waals surface area contributed by atoms with Gasteiger partial charge in [0, 0.05) is 6.54 Å². The largest absolute Gasteiger partial charge is 0.512 e. The number of carbonyl (C=O) groups excluding carboxylic acids is 1. The molecule has 140 valence electrons. The maximum absolute atomic E-state index is 13.3. The fourth-order valence-corrected chi connectivity index (χ4v) is 4.81. The number of sulfonamides is 1. The third kappa shape index (κ3) is 4.07. The van der Waals surface area contributed by atoms with E-state index in [0.717, 1.165) is 12.0 Å². The number of aliphatic hydroxyl groups is 1. The van der Waals surface area contributed by atoms with Crippen molar-refractivity contribution in [2.45, 2.75) is 44.4 Å². The fraction of sp³-hybridized carbons (Fsp3) is 0.350. The summed E-state index contributed by atoms with van der Waals surface area (Å²) in [6, 6.07) is 8.15. The van der Waals surface area contributed by atoms with Crippen LogP contribution in [0.25, 0.3) is 0 Å². The lowest BCUT2D eigenvalue weighted by Crippen LogP contribution is -2.33. The highest BCUT2D eigenvalue weighted by Crippen LogP contribution is 2.34. The summed E-state index contributed by atoms with van der Waals surface area (Å²) in [7, 11) is -3.85. The molecule has 0 fully saturated rings. The molecule has 6 heteroatoms. The van der Waals surface area contributed by atoms with E-state index < -0.39 is 10.0 Å². The lowest BCUT2D eigenvalue weighted by molar-refractivity contribution is -0.113. The number of carbonyl (C=O) groups is 1. The Bertz CT molecular complexity index is 847. The maximum Gasteiger partial charge on any atom is 0.264 e. The van der Waals surface area contributed by atoms with Gasteiger partial charge in [0.05, 0.1) is 16.2 Å². The van der Waals surface area contributed by atoms with Gasteiger partial charge in [0.1, 0.15) is 5.76 Å². The Hall–Kier alpha value is -2.34. The number of ketones is 1. The molecular weight excluding hydrogens is 350 g/mol. The minimum absolute atomic E-state index is 0.0586. The second-order valence-electron chi connectivity index (χ2n) is 6.31. The molecule has 0 saturated heterocycles. The van der Waals surface area contributed by atoms with Gasteiger partial charge in [-0.1, -0.05) is 24.3 Å². The Morgan fingerprint density at radius 3 is 2.42 bits per heavy atom. The molecule has 0 unspecified atom stereocenters. The quantitative estimate of drug-likeness (QED) is 0.461. The molecule has 0 amide bonds. The van der Waals surface area contributed by atoms with Gasteiger partial charge in [0.2, 0.25) is 0 Å².